The summed E-state index contributed by atoms with van der Waals surface area (Å²) in [7, 11) is 0. The minimum absolute atomic E-state index is 0.248. The van der Waals surface area contributed by atoms with Crippen LogP contribution in [0, 0.1) is 6.92 Å². The van der Waals surface area contributed by atoms with Crippen LogP contribution < -0.4 is 5.32 Å². The van der Waals surface area contributed by atoms with Crippen molar-refractivity contribution in [1.82, 2.24) is 10.1 Å². The largest absolute Gasteiger partial charge is 0.360 e. The number of nitrogens with one attached hydrogen (secondary N) is 1. The van der Waals surface area contributed by atoms with Crippen LogP contribution in [0.2, 0.25) is 10.0 Å². The van der Waals surface area contributed by atoms with Gasteiger partial charge in [0, 0.05) is 18.2 Å². The predicted molar refractivity (Wildman–Crippen MR) is 90.4 cm³/mol. The van der Waals surface area contributed by atoms with Gasteiger partial charge in [0.25, 0.3) is 5.91 Å². The molecule has 126 valence electrons. The Hall–Kier alpha value is -2.05. The molecule has 1 aliphatic heterocycles. The van der Waals surface area contributed by atoms with Gasteiger partial charge in [-0.05, 0) is 38.0 Å². The average Bonchev–Trinajstić information content (AvgIpc) is 3.18. The Morgan fingerprint density at radius 3 is 2.75 bits per heavy atom. The number of rotatable bonds is 3. The monoisotopic (exact) mass is 367 g/mol. The van der Waals surface area contributed by atoms with E-state index in [1.54, 1.807) is 30.0 Å². The molecule has 24 heavy (non-hydrogen) atoms. The number of hydrogen-bond acceptors (Lipinski definition) is 4. The van der Waals surface area contributed by atoms with Crippen LogP contribution >= 0.6 is 23.2 Å². The van der Waals surface area contributed by atoms with Crippen molar-refractivity contribution in [2.45, 2.75) is 25.8 Å². The normalized spacial score (nSPS) is 17.1. The van der Waals surface area contributed by atoms with Gasteiger partial charge in [0.1, 0.15) is 11.8 Å². The number of aryl methyl sites for hydroxylation is 1. The molecule has 0 bridgehead atoms. The lowest BCUT2D eigenvalue weighted by Gasteiger charge is -2.23. The van der Waals surface area contributed by atoms with Crippen molar-refractivity contribution in [3.8, 4) is 0 Å². The first kappa shape index (κ1) is 16.8. The highest BCUT2D eigenvalue weighted by Gasteiger charge is 2.35. The lowest BCUT2D eigenvalue weighted by Crippen LogP contribution is -2.43. The third kappa shape index (κ3) is 3.39. The molecule has 1 fully saturated rings. The molecule has 1 aromatic carbocycles. The summed E-state index contributed by atoms with van der Waals surface area (Å²) in [5.74, 6) is 0.406. The van der Waals surface area contributed by atoms with Crippen LogP contribution in [0.5, 0.6) is 0 Å². The van der Waals surface area contributed by atoms with Crippen LogP contribution in [0.25, 0.3) is 0 Å². The SMILES string of the molecule is Cc1cc(NC(=O)C2CCCN2C(=O)c2ccc(Cl)c(Cl)c2)no1. The maximum absolute atomic E-state index is 12.7. The first-order valence-corrected chi connectivity index (χ1v) is 8.21. The minimum Gasteiger partial charge on any atom is -0.360 e. The average molecular weight is 368 g/mol. The van der Waals surface area contributed by atoms with Gasteiger partial charge < -0.3 is 14.7 Å². The first-order valence-electron chi connectivity index (χ1n) is 7.46. The Kier molecular flexibility index (Phi) is 4.78. The number of amides is 2. The van der Waals surface area contributed by atoms with Crippen LogP contribution in [0.4, 0.5) is 5.82 Å². The molecule has 1 atom stereocenters. The maximum Gasteiger partial charge on any atom is 0.254 e. The van der Waals surface area contributed by atoms with E-state index in [9.17, 15) is 9.59 Å². The zero-order valence-corrected chi connectivity index (χ0v) is 14.4. The summed E-state index contributed by atoms with van der Waals surface area (Å²) in [6.07, 6.45) is 1.35. The molecule has 6 nitrogen and oxygen atoms in total. The van der Waals surface area contributed by atoms with Crippen molar-refractivity contribution in [2.24, 2.45) is 0 Å². The van der Waals surface area contributed by atoms with Gasteiger partial charge in [-0.2, -0.15) is 0 Å². The molecule has 3 rings (SSSR count). The number of carbonyl (C=O) groups is 2. The zero-order chi connectivity index (χ0) is 17.3. The van der Waals surface area contributed by atoms with Gasteiger partial charge >= 0.3 is 0 Å². The van der Waals surface area contributed by atoms with Gasteiger partial charge in [0.15, 0.2) is 5.82 Å². The van der Waals surface area contributed by atoms with Gasteiger partial charge in [-0.3, -0.25) is 9.59 Å². The molecule has 0 aliphatic carbocycles. The van der Waals surface area contributed by atoms with Gasteiger partial charge in [0.05, 0.1) is 10.0 Å². The fourth-order valence-electron chi connectivity index (χ4n) is 2.71. The predicted octanol–water partition coefficient (Wildman–Crippen LogP) is 3.53. The van der Waals surface area contributed by atoms with Crippen molar-refractivity contribution in [3.63, 3.8) is 0 Å². The van der Waals surface area contributed by atoms with E-state index in [4.69, 9.17) is 27.7 Å². The Bertz CT molecular complexity index is 791. The van der Waals surface area contributed by atoms with Gasteiger partial charge in [-0.25, -0.2) is 0 Å². The van der Waals surface area contributed by atoms with E-state index in [1.807, 2.05) is 0 Å². The molecule has 2 aromatic rings. The summed E-state index contributed by atoms with van der Waals surface area (Å²) >= 11 is 11.9. The second-order valence-corrected chi connectivity index (χ2v) is 6.41. The molecule has 0 saturated carbocycles. The summed E-state index contributed by atoms with van der Waals surface area (Å²) in [6.45, 7) is 2.24. The number of benzene rings is 1. The number of aromatic nitrogens is 1. The van der Waals surface area contributed by atoms with E-state index in [1.165, 1.54) is 6.07 Å². The Balaban J connectivity index is 1.75. The molecule has 2 amide bonds. The molecule has 8 heteroatoms. The molecule has 1 aromatic heterocycles. The third-order valence-electron chi connectivity index (χ3n) is 3.86. The van der Waals surface area contributed by atoms with Gasteiger partial charge in [-0.1, -0.05) is 28.4 Å². The Labute approximate surface area is 148 Å². The number of likely N-dealkylation sites (tertiary alicyclic amines) is 1. The van der Waals surface area contributed by atoms with E-state index >= 15 is 0 Å². The standard InChI is InChI=1S/C16H15Cl2N3O3/c1-9-7-14(20-24-9)19-15(22)13-3-2-6-21(13)16(23)10-4-5-11(17)12(18)8-10/h4-5,7-8,13H,2-3,6H2,1H3,(H,19,20,22). The number of halogens is 2. The highest BCUT2D eigenvalue weighted by atomic mass is 35.5. The van der Waals surface area contributed by atoms with Crippen LogP contribution in [-0.4, -0.2) is 34.5 Å². The maximum atomic E-state index is 12.7. The van der Waals surface area contributed by atoms with Crippen molar-refractivity contribution in [3.05, 3.63) is 45.6 Å². The zero-order valence-electron chi connectivity index (χ0n) is 12.9. The van der Waals surface area contributed by atoms with E-state index in [0.717, 1.165) is 6.42 Å². The molecule has 1 unspecified atom stereocenters. The van der Waals surface area contributed by atoms with Crippen LogP contribution in [0.3, 0.4) is 0 Å². The van der Waals surface area contributed by atoms with Crippen molar-refractivity contribution in [1.29, 1.82) is 0 Å². The van der Waals surface area contributed by atoms with E-state index in [2.05, 4.69) is 10.5 Å². The van der Waals surface area contributed by atoms with E-state index in [0.29, 0.717) is 40.2 Å². The third-order valence-corrected chi connectivity index (χ3v) is 4.60. The van der Waals surface area contributed by atoms with E-state index < -0.39 is 6.04 Å². The quantitative estimate of drug-likeness (QED) is 0.899. The highest BCUT2D eigenvalue weighted by Crippen LogP contribution is 2.26. The molecule has 1 N–H and O–H groups in total. The smallest absolute Gasteiger partial charge is 0.254 e. The summed E-state index contributed by atoms with van der Waals surface area (Å²) in [5.41, 5.74) is 0.404. The number of carbonyl (C=O) groups excluding carboxylic acids is 2. The molecular formula is C16H15Cl2N3O3. The fourth-order valence-corrected chi connectivity index (χ4v) is 3.01. The van der Waals surface area contributed by atoms with Crippen LogP contribution in [-0.2, 0) is 4.79 Å². The molecule has 1 aliphatic rings. The molecule has 1 saturated heterocycles. The molecule has 2 heterocycles. The summed E-state index contributed by atoms with van der Waals surface area (Å²) in [5, 5.41) is 7.10. The van der Waals surface area contributed by atoms with Gasteiger partial charge in [-0.15, -0.1) is 0 Å². The summed E-state index contributed by atoms with van der Waals surface area (Å²) in [6, 6.07) is 5.76. The van der Waals surface area contributed by atoms with Gasteiger partial charge in [0.2, 0.25) is 5.91 Å². The molecule has 0 radical (unpaired) electrons. The van der Waals surface area contributed by atoms with Crippen LogP contribution in [0.1, 0.15) is 29.0 Å². The summed E-state index contributed by atoms with van der Waals surface area (Å²) in [4.78, 5) is 26.7. The van der Waals surface area contributed by atoms with Crippen LogP contribution in [0.15, 0.2) is 28.8 Å². The molecular weight excluding hydrogens is 353 g/mol. The lowest BCUT2D eigenvalue weighted by atomic mass is 10.1. The summed E-state index contributed by atoms with van der Waals surface area (Å²) < 4.78 is 4.92. The lowest BCUT2D eigenvalue weighted by molar-refractivity contribution is -0.119. The second-order valence-electron chi connectivity index (χ2n) is 5.60. The minimum atomic E-state index is -0.552. The van der Waals surface area contributed by atoms with Crippen molar-refractivity contribution >= 4 is 40.8 Å². The number of nitrogens with zero attached hydrogens (tertiary/aromatic N) is 2. The van der Waals surface area contributed by atoms with Crippen molar-refractivity contribution < 1.29 is 14.1 Å². The molecule has 0 spiro atoms. The van der Waals surface area contributed by atoms with E-state index in [-0.39, 0.29) is 11.8 Å². The second kappa shape index (κ2) is 6.83. The highest BCUT2D eigenvalue weighted by molar-refractivity contribution is 6.42. The van der Waals surface area contributed by atoms with Crippen molar-refractivity contribution in [2.75, 3.05) is 11.9 Å². The Morgan fingerprint density at radius 1 is 1.29 bits per heavy atom. The first-order chi connectivity index (χ1) is 11.5. The topological polar surface area (TPSA) is 75.4 Å². The number of anilines is 1. The number of hydrogen-bond donors (Lipinski definition) is 1. The fraction of sp³-hybridized carbons (Fsp3) is 0.312. The Morgan fingerprint density at radius 2 is 2.08 bits per heavy atom.